The molecule has 0 aromatic heterocycles. The van der Waals surface area contributed by atoms with E-state index in [0.717, 1.165) is 13.0 Å². The topological polar surface area (TPSA) is 21.3 Å². The number of methoxy groups -OCH3 is 1. The average molecular weight is 187 g/mol. The highest BCUT2D eigenvalue weighted by Crippen LogP contribution is 2.08. The molecule has 0 aliphatic carbocycles. The second kappa shape index (κ2) is 6.39. The fourth-order valence-electron chi connectivity index (χ4n) is 1.51. The molecule has 0 aromatic rings. The van der Waals surface area contributed by atoms with Gasteiger partial charge in [0.2, 0.25) is 0 Å². The Balaban J connectivity index is 3.79. The molecule has 0 aromatic carbocycles. The minimum Gasteiger partial charge on any atom is -0.385 e. The van der Waals surface area contributed by atoms with Crippen molar-refractivity contribution in [2.45, 2.75) is 58.5 Å². The molecule has 0 bridgehead atoms. The Morgan fingerprint density at radius 1 is 1.23 bits per heavy atom. The van der Waals surface area contributed by atoms with Gasteiger partial charge in [-0.05, 0) is 33.6 Å². The van der Waals surface area contributed by atoms with E-state index in [4.69, 9.17) is 4.74 Å². The van der Waals surface area contributed by atoms with Crippen LogP contribution in [0.1, 0.15) is 47.0 Å². The summed E-state index contributed by atoms with van der Waals surface area (Å²) in [5.74, 6) is 0. The molecule has 80 valence electrons. The maximum Gasteiger partial charge on any atom is 0.0477 e. The molecule has 13 heavy (non-hydrogen) atoms. The molecule has 0 amide bonds. The monoisotopic (exact) mass is 187 g/mol. The summed E-state index contributed by atoms with van der Waals surface area (Å²) in [6.07, 6.45) is 3.58. The Morgan fingerprint density at radius 3 is 2.23 bits per heavy atom. The Hall–Kier alpha value is -0.0800. The van der Waals surface area contributed by atoms with Gasteiger partial charge in [-0.3, -0.25) is 0 Å². The lowest BCUT2D eigenvalue weighted by molar-refractivity contribution is 0.174. The molecule has 0 fully saturated rings. The van der Waals surface area contributed by atoms with Gasteiger partial charge in [0.15, 0.2) is 0 Å². The molecule has 0 rings (SSSR count). The minimum absolute atomic E-state index is 0.216. The molecule has 1 atom stereocenters. The highest BCUT2D eigenvalue weighted by atomic mass is 16.5. The van der Waals surface area contributed by atoms with Gasteiger partial charge in [0.25, 0.3) is 0 Å². The molecular weight excluding hydrogens is 162 g/mol. The fraction of sp³-hybridized carbons (Fsp3) is 1.00. The Labute approximate surface area is 83.1 Å². The fourth-order valence-corrected chi connectivity index (χ4v) is 1.51. The molecule has 0 radical (unpaired) electrons. The van der Waals surface area contributed by atoms with E-state index in [9.17, 15) is 0 Å². The predicted molar refractivity (Wildman–Crippen MR) is 58.1 cm³/mol. The highest BCUT2D eigenvalue weighted by Gasteiger charge is 2.15. The van der Waals surface area contributed by atoms with Gasteiger partial charge in [-0.2, -0.15) is 0 Å². The van der Waals surface area contributed by atoms with E-state index in [2.05, 4.69) is 33.0 Å². The number of hydrogen-bond acceptors (Lipinski definition) is 2. The first kappa shape index (κ1) is 12.9. The maximum atomic E-state index is 5.09. The van der Waals surface area contributed by atoms with Gasteiger partial charge in [0.05, 0.1) is 0 Å². The van der Waals surface area contributed by atoms with Crippen LogP contribution in [0.3, 0.4) is 0 Å². The number of hydrogen-bond donors (Lipinski definition) is 1. The molecule has 0 heterocycles. The summed E-state index contributed by atoms with van der Waals surface area (Å²) in [4.78, 5) is 0. The molecule has 0 saturated carbocycles. The summed E-state index contributed by atoms with van der Waals surface area (Å²) in [6, 6.07) is 0.602. The molecule has 0 aliphatic rings. The first-order valence-corrected chi connectivity index (χ1v) is 5.26. The molecule has 1 N–H and O–H groups in total. The van der Waals surface area contributed by atoms with E-state index in [1.807, 2.05) is 0 Å². The minimum atomic E-state index is 0.216. The van der Waals surface area contributed by atoms with Crippen LogP contribution in [-0.2, 0) is 4.74 Å². The van der Waals surface area contributed by atoms with Crippen LogP contribution in [0, 0.1) is 0 Å². The number of rotatable bonds is 6. The van der Waals surface area contributed by atoms with Crippen molar-refractivity contribution >= 4 is 0 Å². The maximum absolute atomic E-state index is 5.09. The van der Waals surface area contributed by atoms with Crippen molar-refractivity contribution < 1.29 is 4.74 Å². The zero-order chi connectivity index (χ0) is 10.3. The van der Waals surface area contributed by atoms with Gasteiger partial charge >= 0.3 is 0 Å². The van der Waals surface area contributed by atoms with Crippen molar-refractivity contribution in [1.82, 2.24) is 5.32 Å². The van der Waals surface area contributed by atoms with Crippen molar-refractivity contribution in [3.05, 3.63) is 0 Å². The molecule has 0 spiro atoms. The Morgan fingerprint density at radius 2 is 1.85 bits per heavy atom. The smallest absolute Gasteiger partial charge is 0.0477 e. The zero-order valence-corrected chi connectivity index (χ0v) is 9.81. The third kappa shape index (κ3) is 8.26. The van der Waals surface area contributed by atoms with Crippen LogP contribution in [0.15, 0.2) is 0 Å². The predicted octanol–water partition coefficient (Wildman–Crippen LogP) is 2.58. The second-order valence-corrected chi connectivity index (χ2v) is 4.66. The van der Waals surface area contributed by atoms with Crippen LogP contribution >= 0.6 is 0 Å². The molecular formula is C11H25NO. The Kier molecular flexibility index (Phi) is 6.35. The summed E-state index contributed by atoms with van der Waals surface area (Å²) in [6.45, 7) is 9.71. The highest BCUT2D eigenvalue weighted by molar-refractivity contribution is 4.77. The van der Waals surface area contributed by atoms with Crippen LogP contribution in [-0.4, -0.2) is 25.3 Å². The lowest BCUT2D eigenvalue weighted by Crippen LogP contribution is -2.44. The number of ether oxygens (including phenoxy) is 1. The molecule has 2 nitrogen and oxygen atoms in total. The molecule has 1 unspecified atom stereocenters. The average Bonchev–Trinajstić information content (AvgIpc) is 1.98. The van der Waals surface area contributed by atoms with E-state index >= 15 is 0 Å². The standard InChI is InChI=1S/C11H25NO/c1-6-7-10(8-9-13-5)12-11(2,3)4/h10,12H,6-9H2,1-5H3. The quantitative estimate of drug-likeness (QED) is 0.690. The first-order valence-electron chi connectivity index (χ1n) is 5.26. The van der Waals surface area contributed by atoms with Crippen molar-refractivity contribution in [1.29, 1.82) is 0 Å². The van der Waals surface area contributed by atoms with Gasteiger partial charge in [-0.1, -0.05) is 13.3 Å². The third-order valence-electron chi connectivity index (χ3n) is 1.94. The summed E-state index contributed by atoms with van der Waals surface area (Å²) in [7, 11) is 1.76. The largest absolute Gasteiger partial charge is 0.385 e. The van der Waals surface area contributed by atoms with E-state index in [1.165, 1.54) is 12.8 Å². The van der Waals surface area contributed by atoms with Crippen molar-refractivity contribution in [3.8, 4) is 0 Å². The lowest BCUT2D eigenvalue weighted by atomic mass is 10.0. The van der Waals surface area contributed by atoms with Crippen LogP contribution in [0.25, 0.3) is 0 Å². The SMILES string of the molecule is CCCC(CCOC)NC(C)(C)C. The van der Waals surface area contributed by atoms with Crippen LogP contribution < -0.4 is 5.32 Å². The molecule has 2 heteroatoms. The summed E-state index contributed by atoms with van der Waals surface area (Å²) in [5.41, 5.74) is 0.216. The van der Waals surface area contributed by atoms with Gasteiger partial charge in [-0.25, -0.2) is 0 Å². The van der Waals surface area contributed by atoms with Crippen molar-refractivity contribution in [2.24, 2.45) is 0 Å². The summed E-state index contributed by atoms with van der Waals surface area (Å²) < 4.78 is 5.09. The lowest BCUT2D eigenvalue weighted by Gasteiger charge is -2.28. The summed E-state index contributed by atoms with van der Waals surface area (Å²) >= 11 is 0. The van der Waals surface area contributed by atoms with Crippen molar-refractivity contribution in [2.75, 3.05) is 13.7 Å². The van der Waals surface area contributed by atoms with E-state index in [1.54, 1.807) is 7.11 Å². The van der Waals surface area contributed by atoms with Gasteiger partial charge in [0, 0.05) is 25.3 Å². The Bertz CT molecular complexity index is 118. The van der Waals surface area contributed by atoms with Crippen molar-refractivity contribution in [3.63, 3.8) is 0 Å². The van der Waals surface area contributed by atoms with Gasteiger partial charge in [0.1, 0.15) is 0 Å². The second-order valence-electron chi connectivity index (χ2n) is 4.66. The summed E-state index contributed by atoms with van der Waals surface area (Å²) in [5, 5.41) is 3.61. The van der Waals surface area contributed by atoms with Gasteiger partial charge < -0.3 is 10.1 Å². The third-order valence-corrected chi connectivity index (χ3v) is 1.94. The molecule has 0 aliphatic heterocycles. The van der Waals surface area contributed by atoms with Crippen LogP contribution in [0.5, 0.6) is 0 Å². The number of nitrogens with one attached hydrogen (secondary N) is 1. The van der Waals surface area contributed by atoms with E-state index in [0.29, 0.717) is 6.04 Å². The van der Waals surface area contributed by atoms with Crippen LogP contribution in [0.2, 0.25) is 0 Å². The van der Waals surface area contributed by atoms with E-state index < -0.39 is 0 Å². The van der Waals surface area contributed by atoms with Crippen LogP contribution in [0.4, 0.5) is 0 Å². The zero-order valence-electron chi connectivity index (χ0n) is 9.81. The normalized spacial score (nSPS) is 14.5. The molecule has 0 saturated heterocycles. The first-order chi connectivity index (χ1) is 5.99. The van der Waals surface area contributed by atoms with E-state index in [-0.39, 0.29) is 5.54 Å². The van der Waals surface area contributed by atoms with Gasteiger partial charge in [-0.15, -0.1) is 0 Å².